The van der Waals surface area contributed by atoms with E-state index in [1.165, 1.54) is 0 Å². The van der Waals surface area contributed by atoms with Gasteiger partial charge in [0, 0.05) is 19.0 Å². The van der Waals surface area contributed by atoms with Crippen molar-refractivity contribution in [1.29, 1.82) is 0 Å². The Bertz CT molecular complexity index is 549. The third-order valence-corrected chi connectivity index (χ3v) is 4.14. The molecule has 3 rings (SSSR count). The summed E-state index contributed by atoms with van der Waals surface area (Å²) in [4.78, 5) is 13.9. The van der Waals surface area contributed by atoms with Crippen molar-refractivity contribution in [3.63, 3.8) is 0 Å². The van der Waals surface area contributed by atoms with Crippen LogP contribution in [0.15, 0.2) is 0 Å². The smallest absolute Gasteiger partial charge is 0.410 e. The van der Waals surface area contributed by atoms with Crippen LogP contribution in [-0.2, 0) is 17.8 Å². The Kier molecular flexibility index (Phi) is 5.52. The molecule has 0 saturated carbocycles. The van der Waals surface area contributed by atoms with E-state index in [1.54, 1.807) is 4.90 Å². The van der Waals surface area contributed by atoms with Crippen LogP contribution in [0.25, 0.3) is 0 Å². The van der Waals surface area contributed by atoms with Gasteiger partial charge in [0.05, 0.1) is 6.54 Å². The van der Waals surface area contributed by atoms with Crippen molar-refractivity contribution in [1.82, 2.24) is 25.0 Å². The van der Waals surface area contributed by atoms with Crippen LogP contribution in [0.4, 0.5) is 4.79 Å². The van der Waals surface area contributed by atoms with Crippen LogP contribution in [0.5, 0.6) is 0 Å². The standard InChI is InChI=1S/C15H25N5O2.ClH/c1-15(2,3)22-14(21)19-8-9-20-12(10-19)17-18-13(20)11-4-6-16-7-5-11;/h11,16H,4-10H2,1-3H3;1H. The molecule has 0 spiro atoms. The van der Waals surface area contributed by atoms with Gasteiger partial charge in [0.2, 0.25) is 0 Å². The molecule has 1 fully saturated rings. The average Bonchev–Trinajstić information content (AvgIpc) is 2.89. The number of amides is 1. The average molecular weight is 344 g/mol. The van der Waals surface area contributed by atoms with E-state index in [9.17, 15) is 4.79 Å². The second-order valence-corrected chi connectivity index (χ2v) is 7.05. The third kappa shape index (κ3) is 4.14. The van der Waals surface area contributed by atoms with E-state index in [0.29, 0.717) is 19.0 Å². The molecule has 0 aromatic carbocycles. The molecule has 1 aromatic heterocycles. The van der Waals surface area contributed by atoms with Crippen molar-refractivity contribution in [2.45, 2.75) is 58.2 Å². The number of hydrogen-bond donors (Lipinski definition) is 1. The van der Waals surface area contributed by atoms with E-state index < -0.39 is 5.60 Å². The third-order valence-electron chi connectivity index (χ3n) is 4.14. The summed E-state index contributed by atoms with van der Waals surface area (Å²) in [6.45, 7) is 9.60. The first-order valence-corrected chi connectivity index (χ1v) is 8.04. The highest BCUT2D eigenvalue weighted by Crippen LogP contribution is 2.26. The van der Waals surface area contributed by atoms with Gasteiger partial charge in [-0.3, -0.25) is 4.90 Å². The molecular weight excluding hydrogens is 318 g/mol. The molecule has 1 aromatic rings. The molecular formula is C15H26ClN5O2. The maximum Gasteiger partial charge on any atom is 0.410 e. The van der Waals surface area contributed by atoms with Crippen molar-refractivity contribution in [3.8, 4) is 0 Å². The van der Waals surface area contributed by atoms with E-state index in [4.69, 9.17) is 4.74 Å². The molecule has 1 amide bonds. The topological polar surface area (TPSA) is 72.3 Å². The SMILES string of the molecule is CC(C)(C)OC(=O)N1CCn2c(nnc2C2CCNCC2)C1.Cl. The number of aromatic nitrogens is 3. The summed E-state index contributed by atoms with van der Waals surface area (Å²) in [5.74, 6) is 2.43. The second kappa shape index (κ2) is 7.05. The fourth-order valence-corrected chi connectivity index (χ4v) is 3.04. The summed E-state index contributed by atoms with van der Waals surface area (Å²) in [7, 11) is 0. The van der Waals surface area contributed by atoms with Crippen LogP contribution in [0.3, 0.4) is 0 Å². The van der Waals surface area contributed by atoms with E-state index in [0.717, 1.165) is 44.1 Å². The summed E-state index contributed by atoms with van der Waals surface area (Å²) in [6.07, 6.45) is 1.94. The molecule has 3 heterocycles. The quantitative estimate of drug-likeness (QED) is 0.843. The summed E-state index contributed by atoms with van der Waals surface area (Å²) in [5, 5.41) is 12.1. The van der Waals surface area contributed by atoms with Gasteiger partial charge in [-0.25, -0.2) is 4.79 Å². The lowest BCUT2D eigenvalue weighted by atomic mass is 9.97. The zero-order valence-electron chi connectivity index (χ0n) is 14.0. The normalized spacial score (nSPS) is 19.0. The molecule has 0 bridgehead atoms. The van der Waals surface area contributed by atoms with Crippen molar-refractivity contribution < 1.29 is 9.53 Å². The predicted octanol–water partition coefficient (Wildman–Crippen LogP) is 1.92. The highest BCUT2D eigenvalue weighted by Gasteiger charge is 2.30. The Morgan fingerprint density at radius 3 is 2.57 bits per heavy atom. The number of ether oxygens (including phenoxy) is 1. The number of nitrogens with zero attached hydrogens (tertiary/aromatic N) is 4. The molecule has 1 saturated heterocycles. The Labute approximate surface area is 143 Å². The number of piperidine rings is 1. The first kappa shape index (κ1) is 18.0. The molecule has 0 atom stereocenters. The van der Waals surface area contributed by atoms with Crippen LogP contribution >= 0.6 is 12.4 Å². The van der Waals surface area contributed by atoms with Gasteiger partial charge in [0.15, 0.2) is 5.82 Å². The Morgan fingerprint density at radius 2 is 1.91 bits per heavy atom. The molecule has 7 nitrogen and oxygen atoms in total. The number of carbonyl (C=O) groups is 1. The van der Waals surface area contributed by atoms with Crippen molar-refractivity contribution in [3.05, 3.63) is 11.6 Å². The Morgan fingerprint density at radius 1 is 1.22 bits per heavy atom. The van der Waals surface area contributed by atoms with Gasteiger partial charge in [-0.1, -0.05) is 0 Å². The summed E-state index contributed by atoms with van der Waals surface area (Å²) in [6, 6.07) is 0. The molecule has 130 valence electrons. The molecule has 0 radical (unpaired) electrons. The summed E-state index contributed by atoms with van der Waals surface area (Å²) >= 11 is 0. The van der Waals surface area contributed by atoms with Crippen LogP contribution < -0.4 is 5.32 Å². The second-order valence-electron chi connectivity index (χ2n) is 7.05. The Balaban J connectivity index is 0.00000192. The monoisotopic (exact) mass is 343 g/mol. The maximum absolute atomic E-state index is 12.2. The molecule has 8 heteroatoms. The first-order chi connectivity index (χ1) is 10.4. The lowest BCUT2D eigenvalue weighted by molar-refractivity contribution is 0.0194. The predicted molar refractivity (Wildman–Crippen MR) is 88.8 cm³/mol. The molecule has 0 aliphatic carbocycles. The van der Waals surface area contributed by atoms with Crippen molar-refractivity contribution in [2.75, 3.05) is 19.6 Å². The zero-order chi connectivity index (χ0) is 15.7. The van der Waals surface area contributed by atoms with Gasteiger partial charge in [-0.2, -0.15) is 0 Å². The van der Waals surface area contributed by atoms with Gasteiger partial charge < -0.3 is 14.6 Å². The largest absolute Gasteiger partial charge is 0.444 e. The minimum Gasteiger partial charge on any atom is -0.444 e. The van der Waals surface area contributed by atoms with Gasteiger partial charge >= 0.3 is 6.09 Å². The maximum atomic E-state index is 12.2. The number of nitrogens with one attached hydrogen (secondary N) is 1. The van der Waals surface area contributed by atoms with Gasteiger partial charge in [-0.05, 0) is 46.7 Å². The number of hydrogen-bond acceptors (Lipinski definition) is 5. The van der Waals surface area contributed by atoms with E-state index in [2.05, 4.69) is 20.1 Å². The molecule has 2 aliphatic rings. The fourth-order valence-electron chi connectivity index (χ4n) is 3.04. The van der Waals surface area contributed by atoms with Crippen LogP contribution in [0, 0.1) is 0 Å². The summed E-state index contributed by atoms with van der Waals surface area (Å²) < 4.78 is 7.63. The van der Waals surface area contributed by atoms with Crippen LogP contribution in [0.1, 0.15) is 51.2 Å². The van der Waals surface area contributed by atoms with Gasteiger partial charge in [-0.15, -0.1) is 22.6 Å². The van der Waals surface area contributed by atoms with E-state index in [-0.39, 0.29) is 18.5 Å². The molecule has 1 N–H and O–H groups in total. The highest BCUT2D eigenvalue weighted by atomic mass is 35.5. The number of fused-ring (bicyclic) bond motifs is 1. The lowest BCUT2D eigenvalue weighted by Crippen LogP contribution is -2.42. The molecule has 0 unspecified atom stereocenters. The van der Waals surface area contributed by atoms with Crippen LogP contribution in [-0.4, -0.2) is 51.0 Å². The van der Waals surface area contributed by atoms with Gasteiger partial charge in [0.25, 0.3) is 0 Å². The number of rotatable bonds is 1. The zero-order valence-corrected chi connectivity index (χ0v) is 14.9. The van der Waals surface area contributed by atoms with Crippen molar-refractivity contribution >= 4 is 18.5 Å². The van der Waals surface area contributed by atoms with E-state index in [1.807, 2.05) is 20.8 Å². The Hall–Kier alpha value is -1.34. The first-order valence-electron chi connectivity index (χ1n) is 8.04. The molecule has 2 aliphatic heterocycles. The van der Waals surface area contributed by atoms with Crippen LogP contribution in [0.2, 0.25) is 0 Å². The van der Waals surface area contributed by atoms with E-state index >= 15 is 0 Å². The molecule has 23 heavy (non-hydrogen) atoms. The lowest BCUT2D eigenvalue weighted by Gasteiger charge is -2.31. The number of carbonyl (C=O) groups excluding carboxylic acids is 1. The van der Waals surface area contributed by atoms with Crippen molar-refractivity contribution in [2.24, 2.45) is 0 Å². The minimum absolute atomic E-state index is 0. The number of halogens is 1. The highest BCUT2D eigenvalue weighted by molar-refractivity contribution is 5.85. The fraction of sp³-hybridized carbons (Fsp3) is 0.800. The van der Waals surface area contributed by atoms with Gasteiger partial charge in [0.1, 0.15) is 11.4 Å². The summed E-state index contributed by atoms with van der Waals surface area (Å²) in [5.41, 5.74) is -0.470. The minimum atomic E-state index is -0.470.